The summed E-state index contributed by atoms with van der Waals surface area (Å²) in [6, 6.07) is 6.21. The predicted octanol–water partition coefficient (Wildman–Crippen LogP) is 3.56. The highest BCUT2D eigenvalue weighted by Crippen LogP contribution is 2.28. The van der Waals surface area contributed by atoms with Gasteiger partial charge in [-0.3, -0.25) is 4.90 Å². The largest absolute Gasteiger partial charge is 0.312 e. The highest BCUT2D eigenvalue weighted by molar-refractivity contribution is 5.25. The summed E-state index contributed by atoms with van der Waals surface area (Å²) < 4.78 is 14.0. The predicted molar refractivity (Wildman–Crippen MR) is 82.1 cm³/mol. The number of hydrogen-bond donors (Lipinski definition) is 1. The molecule has 1 N–H and O–H groups in total. The van der Waals surface area contributed by atoms with Crippen molar-refractivity contribution in [3.63, 3.8) is 0 Å². The van der Waals surface area contributed by atoms with E-state index in [0.717, 1.165) is 31.7 Å². The molecule has 0 aliphatic heterocycles. The van der Waals surface area contributed by atoms with Crippen molar-refractivity contribution in [1.29, 1.82) is 0 Å². The van der Waals surface area contributed by atoms with Crippen LogP contribution in [0.1, 0.15) is 44.7 Å². The van der Waals surface area contributed by atoms with Gasteiger partial charge in [-0.1, -0.05) is 32.9 Å². The number of nitrogens with one attached hydrogen (secondary N) is 1. The van der Waals surface area contributed by atoms with E-state index in [0.29, 0.717) is 12.0 Å². The zero-order chi connectivity index (χ0) is 14.5. The van der Waals surface area contributed by atoms with E-state index in [1.807, 2.05) is 12.1 Å². The summed E-state index contributed by atoms with van der Waals surface area (Å²) in [6.45, 7) is 10.1. The molecular weight excluding hydrogens is 251 g/mol. The highest BCUT2D eigenvalue weighted by atomic mass is 19.1. The summed E-state index contributed by atoms with van der Waals surface area (Å²) in [7, 11) is 0. The number of benzene rings is 1. The quantitative estimate of drug-likeness (QED) is 0.782. The van der Waals surface area contributed by atoms with E-state index in [9.17, 15) is 4.39 Å². The molecular formula is C17H27FN2. The van der Waals surface area contributed by atoms with Crippen LogP contribution in [0.25, 0.3) is 0 Å². The third-order valence-electron chi connectivity index (χ3n) is 3.83. The normalized spacial score (nSPS) is 15.3. The smallest absolute Gasteiger partial charge is 0.127 e. The van der Waals surface area contributed by atoms with Gasteiger partial charge in [-0.25, -0.2) is 4.39 Å². The lowest BCUT2D eigenvalue weighted by Gasteiger charge is -2.20. The monoisotopic (exact) mass is 278 g/mol. The zero-order valence-corrected chi connectivity index (χ0v) is 13.0. The first kappa shape index (κ1) is 15.5. The van der Waals surface area contributed by atoms with Gasteiger partial charge in [-0.15, -0.1) is 0 Å². The minimum absolute atomic E-state index is 0.0725. The Labute approximate surface area is 122 Å². The average Bonchev–Trinajstić information content (AvgIpc) is 3.23. The van der Waals surface area contributed by atoms with Gasteiger partial charge in [0.25, 0.3) is 0 Å². The summed E-state index contributed by atoms with van der Waals surface area (Å²) in [4.78, 5) is 2.38. The first-order chi connectivity index (χ1) is 9.60. The van der Waals surface area contributed by atoms with Gasteiger partial charge < -0.3 is 5.32 Å². The van der Waals surface area contributed by atoms with Gasteiger partial charge in [0, 0.05) is 24.7 Å². The fourth-order valence-electron chi connectivity index (χ4n) is 2.52. The molecule has 1 saturated carbocycles. The third kappa shape index (κ3) is 4.57. The molecule has 1 aliphatic carbocycles. The number of rotatable bonds is 8. The summed E-state index contributed by atoms with van der Waals surface area (Å²) in [5, 5.41) is 3.41. The summed E-state index contributed by atoms with van der Waals surface area (Å²) in [5.41, 5.74) is 2.01. The van der Waals surface area contributed by atoms with Gasteiger partial charge in [-0.2, -0.15) is 0 Å². The maximum atomic E-state index is 14.0. The first-order valence-corrected chi connectivity index (χ1v) is 7.82. The minimum Gasteiger partial charge on any atom is -0.312 e. The Morgan fingerprint density at radius 3 is 2.70 bits per heavy atom. The highest BCUT2D eigenvalue weighted by Gasteiger charge is 2.28. The van der Waals surface area contributed by atoms with Crippen molar-refractivity contribution in [3.8, 4) is 0 Å². The van der Waals surface area contributed by atoms with Crippen LogP contribution in [0, 0.1) is 11.7 Å². The molecule has 112 valence electrons. The van der Waals surface area contributed by atoms with Crippen LogP contribution in [0.2, 0.25) is 0 Å². The lowest BCUT2D eigenvalue weighted by molar-refractivity contribution is 0.265. The van der Waals surface area contributed by atoms with Gasteiger partial charge in [0.05, 0.1) is 0 Å². The molecule has 0 amide bonds. The van der Waals surface area contributed by atoms with Gasteiger partial charge in [0.2, 0.25) is 0 Å². The van der Waals surface area contributed by atoms with Crippen molar-refractivity contribution < 1.29 is 4.39 Å². The lowest BCUT2D eigenvalue weighted by atomic mass is 10.1. The second-order valence-corrected chi connectivity index (χ2v) is 6.24. The van der Waals surface area contributed by atoms with E-state index in [1.165, 1.54) is 18.4 Å². The molecule has 0 radical (unpaired) electrons. The van der Waals surface area contributed by atoms with Crippen LogP contribution in [-0.4, -0.2) is 24.0 Å². The Balaban J connectivity index is 1.96. The Morgan fingerprint density at radius 2 is 2.10 bits per heavy atom. The van der Waals surface area contributed by atoms with Crippen molar-refractivity contribution in [3.05, 3.63) is 35.1 Å². The van der Waals surface area contributed by atoms with Crippen molar-refractivity contribution in [2.24, 2.45) is 5.92 Å². The summed E-state index contributed by atoms with van der Waals surface area (Å²) in [6.07, 6.45) is 2.54. The summed E-state index contributed by atoms with van der Waals surface area (Å²) >= 11 is 0. The molecule has 0 aromatic heterocycles. The van der Waals surface area contributed by atoms with E-state index in [4.69, 9.17) is 0 Å². The maximum Gasteiger partial charge on any atom is 0.127 e. The Morgan fingerprint density at radius 1 is 1.35 bits per heavy atom. The van der Waals surface area contributed by atoms with Crippen LogP contribution >= 0.6 is 0 Å². The number of hydrogen-bond acceptors (Lipinski definition) is 2. The van der Waals surface area contributed by atoms with Gasteiger partial charge in [0.1, 0.15) is 5.82 Å². The second kappa shape index (κ2) is 7.19. The molecule has 0 spiro atoms. The van der Waals surface area contributed by atoms with Gasteiger partial charge in [0.15, 0.2) is 0 Å². The molecule has 1 aromatic rings. The van der Waals surface area contributed by atoms with Crippen molar-refractivity contribution in [2.75, 3.05) is 13.1 Å². The molecule has 1 fully saturated rings. The van der Waals surface area contributed by atoms with Crippen molar-refractivity contribution in [2.45, 2.75) is 52.7 Å². The number of halogens is 1. The molecule has 0 unspecified atom stereocenters. The van der Waals surface area contributed by atoms with E-state index >= 15 is 0 Å². The molecule has 3 heteroatoms. The summed E-state index contributed by atoms with van der Waals surface area (Å²) in [5.74, 6) is 0.567. The van der Waals surface area contributed by atoms with E-state index in [-0.39, 0.29) is 5.82 Å². The number of nitrogens with zero attached hydrogens (tertiary/aromatic N) is 1. The molecule has 0 bridgehead atoms. The third-order valence-corrected chi connectivity index (χ3v) is 3.83. The molecule has 2 rings (SSSR count). The van der Waals surface area contributed by atoms with Crippen LogP contribution < -0.4 is 5.32 Å². The van der Waals surface area contributed by atoms with Crippen molar-refractivity contribution in [1.82, 2.24) is 10.2 Å². The molecule has 0 atom stereocenters. The van der Waals surface area contributed by atoms with Gasteiger partial charge >= 0.3 is 0 Å². The van der Waals surface area contributed by atoms with E-state index < -0.39 is 0 Å². The topological polar surface area (TPSA) is 15.3 Å². The van der Waals surface area contributed by atoms with Crippen LogP contribution in [0.3, 0.4) is 0 Å². The standard InChI is InChI=1S/C17H27FN2/c1-4-20(16-6-7-16)12-15-9-14(5-8-17(15)18)11-19-10-13(2)3/h5,8-9,13,16,19H,4,6-7,10-12H2,1-3H3. The Hall–Kier alpha value is -0.930. The van der Waals surface area contributed by atoms with Crippen molar-refractivity contribution >= 4 is 0 Å². The molecule has 2 nitrogen and oxygen atoms in total. The second-order valence-electron chi connectivity index (χ2n) is 6.24. The van der Waals surface area contributed by atoms with E-state index in [2.05, 4.69) is 31.0 Å². The van der Waals surface area contributed by atoms with E-state index in [1.54, 1.807) is 6.07 Å². The molecule has 0 heterocycles. The first-order valence-electron chi connectivity index (χ1n) is 7.82. The molecule has 1 aliphatic rings. The zero-order valence-electron chi connectivity index (χ0n) is 13.0. The maximum absolute atomic E-state index is 14.0. The SMILES string of the molecule is CCN(Cc1cc(CNCC(C)C)ccc1F)C1CC1. The fourth-order valence-corrected chi connectivity index (χ4v) is 2.52. The van der Waals surface area contributed by atoms with Crippen LogP contribution in [0.5, 0.6) is 0 Å². The van der Waals surface area contributed by atoms with Crippen LogP contribution in [0.4, 0.5) is 4.39 Å². The van der Waals surface area contributed by atoms with Crippen LogP contribution in [-0.2, 0) is 13.1 Å². The Bertz CT molecular complexity index is 427. The minimum atomic E-state index is -0.0725. The molecule has 20 heavy (non-hydrogen) atoms. The average molecular weight is 278 g/mol. The molecule has 0 saturated heterocycles. The molecule has 1 aromatic carbocycles. The van der Waals surface area contributed by atoms with Gasteiger partial charge in [-0.05, 0) is 43.5 Å². The fraction of sp³-hybridized carbons (Fsp3) is 0.647. The Kier molecular flexibility index (Phi) is 5.55. The van der Waals surface area contributed by atoms with Crippen LogP contribution in [0.15, 0.2) is 18.2 Å². The lowest BCUT2D eigenvalue weighted by Crippen LogP contribution is -2.25.